The topological polar surface area (TPSA) is 122 Å². The summed E-state index contributed by atoms with van der Waals surface area (Å²) in [5.41, 5.74) is 1.99. The van der Waals surface area contributed by atoms with Gasteiger partial charge in [0, 0.05) is 29.7 Å². The van der Waals surface area contributed by atoms with Gasteiger partial charge < -0.3 is 20.5 Å². The number of esters is 1. The van der Waals surface area contributed by atoms with Gasteiger partial charge in [-0.1, -0.05) is 67.9 Å². The van der Waals surface area contributed by atoms with E-state index in [0.717, 1.165) is 89.3 Å². The molecular weight excluding hydrogens is 665 g/mol. The van der Waals surface area contributed by atoms with Crippen LogP contribution < -0.4 is 10.6 Å². The highest BCUT2D eigenvalue weighted by atomic mass is 16.5. The van der Waals surface area contributed by atoms with E-state index < -0.39 is 17.3 Å². The zero-order chi connectivity index (χ0) is 38.5. The average molecular weight is 735 g/mol. The summed E-state index contributed by atoms with van der Waals surface area (Å²) in [6.07, 6.45) is 12.0. The van der Waals surface area contributed by atoms with Crippen LogP contribution in [0, 0.1) is 73.9 Å². The summed E-state index contributed by atoms with van der Waals surface area (Å²) in [7, 11) is 0. The van der Waals surface area contributed by atoms with Crippen LogP contribution in [0.3, 0.4) is 0 Å². The summed E-state index contributed by atoms with van der Waals surface area (Å²) in [4.78, 5) is 52.5. The number of ether oxygens (including phenoxy) is 1. The second kappa shape index (κ2) is 13.2. The van der Waals surface area contributed by atoms with Crippen molar-refractivity contribution in [3.05, 3.63) is 11.1 Å². The van der Waals surface area contributed by atoms with Gasteiger partial charge in [0.25, 0.3) is 0 Å². The summed E-state index contributed by atoms with van der Waals surface area (Å²) in [6, 6.07) is 0. The smallest absolute Gasteiger partial charge is 0.309 e. The van der Waals surface area contributed by atoms with Crippen LogP contribution in [0.2, 0.25) is 0 Å². The number of hydrogen-bond donors (Lipinski definition) is 3. The molecule has 7 rings (SSSR count). The number of carbonyl (C=O) groups is 4. The van der Waals surface area contributed by atoms with E-state index in [1.54, 1.807) is 0 Å². The number of amides is 1. The minimum absolute atomic E-state index is 0.0791. The summed E-state index contributed by atoms with van der Waals surface area (Å²) in [5, 5.41) is 16.3. The van der Waals surface area contributed by atoms with Crippen molar-refractivity contribution in [1.82, 2.24) is 10.6 Å². The first-order valence-corrected chi connectivity index (χ1v) is 21.4. The van der Waals surface area contributed by atoms with Crippen molar-refractivity contribution in [2.75, 3.05) is 19.6 Å². The molecule has 296 valence electrons. The molecule has 8 nitrogen and oxygen atoms in total. The van der Waals surface area contributed by atoms with E-state index in [1.807, 2.05) is 13.8 Å². The maximum Gasteiger partial charge on any atom is 0.309 e. The molecule has 0 aromatic heterocycles. The third kappa shape index (κ3) is 5.73. The van der Waals surface area contributed by atoms with Crippen molar-refractivity contribution in [3.63, 3.8) is 0 Å². The Labute approximate surface area is 319 Å². The molecule has 6 aliphatic carbocycles. The zero-order valence-electron chi connectivity index (χ0n) is 34.4. The minimum Gasteiger partial charge on any atom is -0.481 e. The van der Waals surface area contributed by atoms with Crippen LogP contribution in [-0.2, 0) is 23.9 Å². The number of carboxylic acids is 1. The van der Waals surface area contributed by atoms with Crippen molar-refractivity contribution in [1.29, 1.82) is 0 Å². The minimum atomic E-state index is -0.821. The molecule has 10 atom stereocenters. The number of carbonyl (C=O) groups excluding carboxylic acids is 3. The van der Waals surface area contributed by atoms with Gasteiger partial charge in [0.05, 0.1) is 11.8 Å². The van der Waals surface area contributed by atoms with E-state index >= 15 is 0 Å². The van der Waals surface area contributed by atoms with Gasteiger partial charge >= 0.3 is 11.9 Å². The average Bonchev–Trinajstić information content (AvgIpc) is 3.38. The highest BCUT2D eigenvalue weighted by molar-refractivity contribution is 6.00. The van der Waals surface area contributed by atoms with Crippen LogP contribution in [0.4, 0.5) is 0 Å². The molecule has 1 saturated heterocycles. The number of fused-ring (bicyclic) bond motifs is 7. The predicted molar refractivity (Wildman–Crippen MR) is 206 cm³/mol. The van der Waals surface area contributed by atoms with Crippen LogP contribution in [0.15, 0.2) is 11.1 Å². The summed E-state index contributed by atoms with van der Waals surface area (Å²) in [6.45, 7) is 23.1. The van der Waals surface area contributed by atoms with Gasteiger partial charge in [0.15, 0.2) is 5.78 Å². The van der Waals surface area contributed by atoms with E-state index in [-0.39, 0.29) is 62.8 Å². The van der Waals surface area contributed by atoms with Crippen LogP contribution in [0.1, 0.15) is 146 Å². The molecule has 1 heterocycles. The van der Waals surface area contributed by atoms with E-state index in [4.69, 9.17) is 4.74 Å². The fraction of sp³-hybridized carbons (Fsp3) is 0.867. The van der Waals surface area contributed by atoms with Crippen LogP contribution in [0.25, 0.3) is 0 Å². The van der Waals surface area contributed by atoms with Crippen LogP contribution >= 0.6 is 0 Å². The van der Waals surface area contributed by atoms with Crippen molar-refractivity contribution >= 4 is 23.6 Å². The van der Waals surface area contributed by atoms with Crippen molar-refractivity contribution in [3.8, 4) is 0 Å². The van der Waals surface area contributed by atoms with Crippen LogP contribution in [-0.4, -0.2) is 54.5 Å². The first-order valence-electron chi connectivity index (χ1n) is 21.4. The highest BCUT2D eigenvalue weighted by Gasteiger charge is 2.70. The number of Topliss-reactive ketones (excluding diaryl/α,β-unsaturated/α-hetero) is 1. The van der Waals surface area contributed by atoms with Gasteiger partial charge in [-0.25, -0.2) is 0 Å². The molecule has 8 heteroatoms. The quantitative estimate of drug-likeness (QED) is 0.215. The molecule has 0 aromatic rings. The molecule has 7 aliphatic rings. The fourth-order valence-electron chi connectivity index (χ4n) is 14.9. The van der Waals surface area contributed by atoms with Crippen LogP contribution in [0.5, 0.6) is 0 Å². The number of allylic oxidation sites excluding steroid dienone is 2. The number of rotatable bonds is 8. The number of hydrogen-bond acceptors (Lipinski definition) is 6. The lowest BCUT2D eigenvalue weighted by Gasteiger charge is -2.72. The lowest BCUT2D eigenvalue weighted by atomic mass is 9.33. The number of ketones is 1. The normalized spacial score (nSPS) is 43.2. The predicted octanol–water partition coefficient (Wildman–Crippen LogP) is 8.13. The molecule has 1 amide bonds. The maximum atomic E-state index is 14.0. The van der Waals surface area contributed by atoms with Gasteiger partial charge in [0.2, 0.25) is 5.91 Å². The molecule has 5 saturated carbocycles. The number of carboxylic acid groups (broad SMARTS) is 1. The summed E-state index contributed by atoms with van der Waals surface area (Å²) >= 11 is 0. The molecule has 0 aromatic carbocycles. The fourth-order valence-corrected chi connectivity index (χ4v) is 14.9. The van der Waals surface area contributed by atoms with Gasteiger partial charge in [-0.2, -0.15) is 0 Å². The standard InChI is InChI=1S/C45H70N2O6/c1-26(2)35-31(48)25-45(20-23-47-37(49)27-14-21-46-22-15-27)19-18-43(8)28(36(35)45)10-11-33-42(7)16-13-34(41(5,6)32(42)12-17-44(33,43)9)53-39(52)30-24-29(38(50)51)40(30,3)4/h26-30,32-34,46H,10-25H2,1-9H3,(H,47,49)(H,50,51)/t28-,29+,30-,32+,33-,34+,42+,43-,44-,45-/m1/s1. The second-order valence-corrected chi connectivity index (χ2v) is 21.3. The monoisotopic (exact) mass is 735 g/mol. The molecule has 0 unspecified atom stereocenters. The van der Waals surface area contributed by atoms with Gasteiger partial charge in [-0.15, -0.1) is 0 Å². The molecule has 0 spiro atoms. The van der Waals surface area contributed by atoms with Gasteiger partial charge in [-0.3, -0.25) is 19.2 Å². The van der Waals surface area contributed by atoms with Crippen molar-refractivity contribution in [2.24, 2.45) is 73.9 Å². The molecule has 53 heavy (non-hydrogen) atoms. The zero-order valence-corrected chi connectivity index (χ0v) is 34.4. The van der Waals surface area contributed by atoms with Gasteiger partial charge in [-0.05, 0) is 141 Å². The van der Waals surface area contributed by atoms with E-state index in [0.29, 0.717) is 42.9 Å². The summed E-state index contributed by atoms with van der Waals surface area (Å²) in [5.74, 6) is 0.283. The molecule has 0 bridgehead atoms. The van der Waals surface area contributed by atoms with E-state index in [9.17, 15) is 24.3 Å². The third-order valence-corrected chi connectivity index (χ3v) is 18.2. The van der Waals surface area contributed by atoms with Crippen molar-refractivity contribution in [2.45, 2.75) is 152 Å². The lowest BCUT2D eigenvalue weighted by Crippen LogP contribution is -2.66. The molecule has 0 radical (unpaired) electrons. The van der Waals surface area contributed by atoms with E-state index in [2.05, 4.69) is 59.1 Å². The van der Waals surface area contributed by atoms with Crippen molar-refractivity contribution < 1.29 is 29.0 Å². The number of aliphatic carboxylic acids is 1. The molecule has 3 N–H and O–H groups in total. The SMILES string of the molecule is CC(C)C1=C2[C@H]3CC[C@@H]4[C@@]5(C)CC[C@H](OC(=O)[C@H]6C[C@@H](C(=O)O)C6(C)C)C(C)(C)[C@@H]5CC[C@@]4(C)[C@]3(C)CC[C@@]2(CCNC(=O)C2CCNCC2)CC1=O. The van der Waals surface area contributed by atoms with E-state index in [1.165, 1.54) is 5.57 Å². The highest BCUT2D eigenvalue weighted by Crippen LogP contribution is 2.77. The lowest BCUT2D eigenvalue weighted by molar-refractivity contribution is -0.236. The Morgan fingerprint density at radius 1 is 0.830 bits per heavy atom. The Morgan fingerprint density at radius 3 is 2.17 bits per heavy atom. The number of piperidine rings is 1. The molecule has 6 fully saturated rings. The first-order chi connectivity index (χ1) is 24.7. The Bertz CT molecular complexity index is 1560. The molecule has 1 aliphatic heterocycles. The Morgan fingerprint density at radius 2 is 1.53 bits per heavy atom. The summed E-state index contributed by atoms with van der Waals surface area (Å²) < 4.78 is 6.42. The number of nitrogens with one attached hydrogen (secondary N) is 2. The maximum absolute atomic E-state index is 14.0. The Kier molecular flexibility index (Phi) is 9.71. The molecular formula is C45H70N2O6. The Balaban J connectivity index is 1.11. The Hall–Kier alpha value is -2.22. The first kappa shape index (κ1) is 39.0. The van der Waals surface area contributed by atoms with Gasteiger partial charge in [0.1, 0.15) is 6.10 Å². The third-order valence-electron chi connectivity index (χ3n) is 18.2. The largest absolute Gasteiger partial charge is 0.481 e. The second-order valence-electron chi connectivity index (χ2n) is 21.3.